The van der Waals surface area contributed by atoms with Crippen LogP contribution in [0.2, 0.25) is 0 Å². The fourth-order valence-corrected chi connectivity index (χ4v) is 1.59. The summed E-state index contributed by atoms with van der Waals surface area (Å²) >= 11 is 0. The predicted molar refractivity (Wildman–Crippen MR) is 78.1 cm³/mol. The van der Waals surface area contributed by atoms with Crippen molar-refractivity contribution in [2.24, 2.45) is 0 Å². The minimum absolute atomic E-state index is 0.355. The maximum atomic E-state index is 13.0. The molecule has 0 atom stereocenters. The number of carboxylic acid groups (broad SMARTS) is 1. The van der Waals surface area contributed by atoms with Crippen molar-refractivity contribution in [3.63, 3.8) is 0 Å². The number of halogens is 12. The number of aliphatic carboxylic acids is 1. The Morgan fingerprint density at radius 3 is 1.28 bits per heavy atom. The minimum Gasteiger partial charge on any atom is -0.477 e. The molecule has 1 aromatic carbocycles. The van der Waals surface area contributed by atoms with Crippen LogP contribution in [-0.2, 0) is 9.59 Å². The van der Waals surface area contributed by atoms with Gasteiger partial charge < -0.3 is 10.8 Å². The number of amides is 1. The summed E-state index contributed by atoms with van der Waals surface area (Å²) < 4.78 is 154. The van der Waals surface area contributed by atoms with Crippen LogP contribution >= 0.6 is 0 Å². The van der Waals surface area contributed by atoms with Gasteiger partial charge in [0.1, 0.15) is 0 Å². The molecule has 0 aliphatic carbocycles. The molecule has 0 spiro atoms. The first-order chi connectivity index (χ1) is 14.1. The van der Waals surface area contributed by atoms with Crippen LogP contribution in [0.1, 0.15) is 0 Å². The highest BCUT2D eigenvalue weighted by molar-refractivity contribution is 5.83. The molecule has 0 unspecified atom stereocenters. The lowest BCUT2D eigenvalue weighted by atomic mass is 9.91. The number of nitrogens with two attached hydrogens (primary N) is 1. The molecule has 1 rings (SSSR count). The molecule has 0 aromatic heterocycles. The number of nitrogen functional groups attached to an aromatic ring is 1. The zero-order valence-corrected chi connectivity index (χ0v) is 14.7. The number of carbonyl (C=O) groups is 2. The summed E-state index contributed by atoms with van der Waals surface area (Å²) in [5, 5.41) is 15.3. The quantitative estimate of drug-likeness (QED) is 0.199. The summed E-state index contributed by atoms with van der Waals surface area (Å²) in [5.41, 5.74) is 5.82. The first-order valence-electron chi connectivity index (χ1n) is 7.32. The molecule has 184 valence electrons. The second kappa shape index (κ2) is 8.91. The number of benzene rings is 1. The zero-order chi connectivity index (χ0) is 26.0. The maximum absolute atomic E-state index is 13.0. The second-order valence-electron chi connectivity index (χ2n) is 5.60. The molecule has 18 heteroatoms. The Labute approximate surface area is 168 Å². The van der Waals surface area contributed by atoms with Gasteiger partial charge in [-0.15, -0.1) is 0 Å². The van der Waals surface area contributed by atoms with E-state index in [1.165, 1.54) is 0 Å². The number of carbonyl (C=O) groups excluding carboxylic acids is 1. The van der Waals surface area contributed by atoms with Crippen LogP contribution in [0.3, 0.4) is 0 Å². The number of para-hydroxylation sites is 1. The molecular weight excluding hydrogens is 488 g/mol. The van der Waals surface area contributed by atoms with E-state index >= 15 is 0 Å². The molecule has 5 N–H and O–H groups in total. The standard InChI is InChI=1S/C8H3F12NO4.C6H7N/c9-3(10,1(22)21-25)5(13,14)7(17,18)8(19,20)6(15,16)4(11,12)2(23)24;7-6-4-2-1-3-5-6/h25H,(H,21,22)(H,23,24);1-5H,7H2. The Kier molecular flexibility index (Phi) is 8.09. The van der Waals surface area contributed by atoms with Crippen molar-refractivity contribution in [3.8, 4) is 0 Å². The number of hydrogen-bond donors (Lipinski definition) is 4. The second-order valence-corrected chi connectivity index (χ2v) is 5.60. The first-order valence-corrected chi connectivity index (χ1v) is 7.32. The average molecular weight is 498 g/mol. The van der Waals surface area contributed by atoms with Gasteiger partial charge in [-0.05, 0) is 12.1 Å². The largest absolute Gasteiger partial charge is 0.477 e. The van der Waals surface area contributed by atoms with Gasteiger partial charge in [-0.2, -0.15) is 52.7 Å². The lowest BCUT2D eigenvalue weighted by Gasteiger charge is -2.39. The van der Waals surface area contributed by atoms with Crippen molar-refractivity contribution in [1.29, 1.82) is 0 Å². The lowest BCUT2D eigenvalue weighted by Crippen LogP contribution is -2.73. The van der Waals surface area contributed by atoms with Crippen LogP contribution in [0.4, 0.5) is 58.4 Å². The molecule has 0 heterocycles. The van der Waals surface area contributed by atoms with E-state index in [1.54, 1.807) is 0 Å². The Balaban J connectivity index is 0.00000115. The molecule has 0 saturated carbocycles. The number of hydroxylamine groups is 1. The highest BCUT2D eigenvalue weighted by atomic mass is 19.4. The lowest BCUT2D eigenvalue weighted by molar-refractivity contribution is -0.416. The van der Waals surface area contributed by atoms with Gasteiger partial charge in [0.2, 0.25) is 0 Å². The average Bonchev–Trinajstić information content (AvgIpc) is 2.67. The molecule has 0 aliphatic rings. The number of carboxylic acids is 1. The normalized spacial score (nSPS) is 13.7. The van der Waals surface area contributed by atoms with Crippen LogP contribution < -0.4 is 11.2 Å². The molecule has 0 saturated heterocycles. The summed E-state index contributed by atoms with van der Waals surface area (Å²) in [5.74, 6) is -53.9. The predicted octanol–water partition coefficient (Wildman–Crippen LogP) is 3.66. The van der Waals surface area contributed by atoms with Gasteiger partial charge in [0.25, 0.3) is 0 Å². The monoisotopic (exact) mass is 498 g/mol. The van der Waals surface area contributed by atoms with E-state index in [0.717, 1.165) is 5.69 Å². The number of alkyl halides is 12. The van der Waals surface area contributed by atoms with Crippen molar-refractivity contribution in [1.82, 2.24) is 5.48 Å². The Morgan fingerprint density at radius 2 is 1.03 bits per heavy atom. The van der Waals surface area contributed by atoms with Crippen molar-refractivity contribution in [2.75, 3.05) is 5.73 Å². The fourth-order valence-electron chi connectivity index (χ4n) is 1.59. The Morgan fingerprint density at radius 1 is 0.688 bits per heavy atom. The van der Waals surface area contributed by atoms with Crippen LogP contribution in [0.25, 0.3) is 0 Å². The SMILES string of the molecule is Nc1ccccc1.O=C(O)C(F)(F)C(F)(F)C(F)(F)C(F)(F)C(F)(F)C(F)(F)C(=O)NO. The van der Waals surface area contributed by atoms with Gasteiger partial charge in [0.15, 0.2) is 0 Å². The number of rotatable bonds is 7. The van der Waals surface area contributed by atoms with E-state index in [4.69, 9.17) is 16.0 Å². The van der Waals surface area contributed by atoms with Crippen LogP contribution in [0.5, 0.6) is 0 Å². The molecule has 1 aromatic rings. The van der Waals surface area contributed by atoms with Gasteiger partial charge in [-0.1, -0.05) is 18.2 Å². The van der Waals surface area contributed by atoms with Crippen LogP contribution in [0, 0.1) is 0 Å². The van der Waals surface area contributed by atoms with E-state index in [9.17, 15) is 62.3 Å². The highest BCUT2D eigenvalue weighted by Crippen LogP contribution is 2.60. The highest BCUT2D eigenvalue weighted by Gasteiger charge is 2.92. The van der Waals surface area contributed by atoms with Gasteiger partial charge in [-0.3, -0.25) is 10.0 Å². The Hall–Kier alpha value is -2.92. The molecule has 0 radical (unpaired) electrons. The van der Waals surface area contributed by atoms with Crippen molar-refractivity contribution in [2.45, 2.75) is 35.5 Å². The molecular formula is C14H10F12N2O4. The first kappa shape index (κ1) is 29.1. The van der Waals surface area contributed by atoms with Gasteiger partial charge >= 0.3 is 47.4 Å². The minimum atomic E-state index is -8.11. The molecule has 0 aliphatic heterocycles. The summed E-state index contributed by atoms with van der Waals surface area (Å²) in [6, 6.07) is 9.49. The summed E-state index contributed by atoms with van der Waals surface area (Å²) in [6.07, 6.45) is 0. The van der Waals surface area contributed by atoms with E-state index in [-0.39, 0.29) is 5.48 Å². The zero-order valence-electron chi connectivity index (χ0n) is 14.7. The van der Waals surface area contributed by atoms with Crippen LogP contribution in [-0.4, -0.2) is 57.7 Å². The third-order valence-electron chi connectivity index (χ3n) is 3.43. The van der Waals surface area contributed by atoms with Gasteiger partial charge in [0.05, 0.1) is 0 Å². The fraction of sp³-hybridized carbons (Fsp3) is 0.429. The van der Waals surface area contributed by atoms with Crippen molar-refractivity contribution < 1.29 is 72.6 Å². The third kappa shape index (κ3) is 4.49. The Bertz CT molecular complexity index is 817. The smallest absolute Gasteiger partial charge is 0.410 e. The van der Waals surface area contributed by atoms with Crippen LogP contribution in [0.15, 0.2) is 30.3 Å². The molecule has 0 fully saturated rings. The topological polar surface area (TPSA) is 113 Å². The van der Waals surface area contributed by atoms with Crippen molar-refractivity contribution in [3.05, 3.63) is 30.3 Å². The van der Waals surface area contributed by atoms with Gasteiger partial charge in [-0.25, -0.2) is 10.3 Å². The molecule has 1 amide bonds. The number of anilines is 1. The van der Waals surface area contributed by atoms with Crippen molar-refractivity contribution >= 4 is 17.6 Å². The summed E-state index contributed by atoms with van der Waals surface area (Å²) in [4.78, 5) is 20.0. The molecule has 32 heavy (non-hydrogen) atoms. The van der Waals surface area contributed by atoms with E-state index in [1.807, 2.05) is 30.3 Å². The summed E-state index contributed by atoms with van der Waals surface area (Å²) in [6.45, 7) is 0. The van der Waals surface area contributed by atoms with E-state index < -0.39 is 47.4 Å². The molecule has 6 nitrogen and oxygen atoms in total. The molecule has 0 bridgehead atoms. The number of hydrogen-bond acceptors (Lipinski definition) is 4. The van der Waals surface area contributed by atoms with E-state index in [2.05, 4.69) is 0 Å². The summed E-state index contributed by atoms with van der Waals surface area (Å²) in [7, 11) is 0. The number of nitrogens with one attached hydrogen (secondary N) is 1. The van der Waals surface area contributed by atoms with E-state index in [0.29, 0.717) is 0 Å². The van der Waals surface area contributed by atoms with Gasteiger partial charge in [0, 0.05) is 5.69 Å². The maximum Gasteiger partial charge on any atom is 0.410 e. The third-order valence-corrected chi connectivity index (χ3v) is 3.43.